The summed E-state index contributed by atoms with van der Waals surface area (Å²) in [4.78, 5) is 39.4. The van der Waals surface area contributed by atoms with Crippen LogP contribution in [0.2, 0.25) is 0 Å². The summed E-state index contributed by atoms with van der Waals surface area (Å²) >= 11 is 0. The summed E-state index contributed by atoms with van der Waals surface area (Å²) in [5, 5.41) is 16.0. The van der Waals surface area contributed by atoms with Crippen LogP contribution in [0.25, 0.3) is 11.2 Å². The van der Waals surface area contributed by atoms with E-state index in [9.17, 15) is 19.5 Å². The van der Waals surface area contributed by atoms with Gasteiger partial charge in [0.05, 0.1) is 12.8 Å². The van der Waals surface area contributed by atoms with Crippen molar-refractivity contribution >= 4 is 23.3 Å². The van der Waals surface area contributed by atoms with Crippen LogP contribution in [-0.4, -0.2) is 32.8 Å². The zero-order chi connectivity index (χ0) is 21.1. The predicted molar refractivity (Wildman–Crippen MR) is 102 cm³/mol. The molecule has 0 radical (unpaired) electrons. The quantitative estimate of drug-likeness (QED) is 0.294. The van der Waals surface area contributed by atoms with Crippen molar-refractivity contribution in [2.45, 2.75) is 13.5 Å². The maximum Gasteiger partial charge on any atom is 0.333 e. The first kappa shape index (κ1) is 19.9. The molecule has 3 rings (SSSR count). The molecular weight excluding hydrogens is 380 g/mol. The second-order valence-corrected chi connectivity index (χ2v) is 6.21. The number of hydrogen-bond acceptors (Lipinski definition) is 6. The third-order valence-corrected chi connectivity index (χ3v) is 4.30. The number of benzene rings is 1. The highest BCUT2D eigenvalue weighted by Gasteiger charge is 2.21. The summed E-state index contributed by atoms with van der Waals surface area (Å²) in [7, 11) is 2.88. The molecule has 1 amide bonds. The Kier molecular flexibility index (Phi) is 5.48. The van der Waals surface area contributed by atoms with Crippen molar-refractivity contribution in [2.75, 3.05) is 6.61 Å². The van der Waals surface area contributed by atoms with E-state index in [0.29, 0.717) is 12.3 Å². The molecule has 2 aromatic heterocycles. The molecule has 0 aliphatic rings. The van der Waals surface area contributed by atoms with Gasteiger partial charge in [-0.1, -0.05) is 17.9 Å². The lowest BCUT2D eigenvalue weighted by atomic mass is 10.2. The number of aromatic nitrogens is 4. The second kappa shape index (κ2) is 8.00. The number of hydrogen-bond donors (Lipinski definition) is 2. The van der Waals surface area contributed by atoms with Crippen LogP contribution in [0.15, 0.2) is 39.2 Å². The molecule has 1 aromatic carbocycles. The van der Waals surface area contributed by atoms with Gasteiger partial charge < -0.3 is 9.84 Å². The average Bonchev–Trinajstić information content (AvgIpc) is 3.11. The van der Waals surface area contributed by atoms with Crippen LogP contribution >= 0.6 is 0 Å². The Morgan fingerprint density at radius 3 is 2.83 bits per heavy atom. The van der Waals surface area contributed by atoms with Crippen LogP contribution in [0.3, 0.4) is 0 Å². The zero-order valence-electron chi connectivity index (χ0n) is 16.1. The minimum atomic E-state index is -0.524. The van der Waals surface area contributed by atoms with E-state index >= 15 is 0 Å². The summed E-state index contributed by atoms with van der Waals surface area (Å²) in [5.74, 6) is -0.641. The topological polar surface area (TPSA) is 137 Å². The number of carbonyl (C=O) groups is 1. The second-order valence-electron chi connectivity index (χ2n) is 6.21. The van der Waals surface area contributed by atoms with E-state index < -0.39 is 17.2 Å². The molecule has 2 N–H and O–H groups in total. The number of aryl methyl sites for hydroxylation is 1. The first-order chi connectivity index (χ1) is 13.8. The molecule has 3 aromatic rings. The molecule has 0 unspecified atom stereocenters. The van der Waals surface area contributed by atoms with Crippen molar-refractivity contribution in [3.63, 3.8) is 0 Å². The molecule has 0 aliphatic heterocycles. The summed E-state index contributed by atoms with van der Waals surface area (Å²) in [6.07, 6.45) is 2.65. The number of imidazole rings is 1. The Hall–Kier alpha value is -3.89. The van der Waals surface area contributed by atoms with E-state index in [1.165, 1.54) is 35.8 Å². The maximum absolute atomic E-state index is 12.4. The molecule has 0 fully saturated rings. The molecule has 0 aliphatic carbocycles. The van der Waals surface area contributed by atoms with Crippen molar-refractivity contribution in [3.05, 3.63) is 50.9 Å². The molecule has 11 heteroatoms. The fourth-order valence-corrected chi connectivity index (χ4v) is 2.85. The standard InChI is InChI=1S/C18H20N6O5/c1-4-29-12-7-5-6-11(15(12)26)8-20-21-13(25)9-24-10-19-16-14(24)17(27)23(3)18(28)22(16)2/h5-8,10H,4,9H2,1-3H3,(H2,20,21,25,26). The number of carbonyl (C=O) groups excluding carboxylic acids is 1. The smallest absolute Gasteiger partial charge is 0.333 e. The summed E-state index contributed by atoms with van der Waals surface area (Å²) in [6.45, 7) is 1.92. The monoisotopic (exact) mass is 400 g/mol. The summed E-state index contributed by atoms with van der Waals surface area (Å²) < 4.78 is 8.86. The van der Waals surface area contributed by atoms with Gasteiger partial charge >= 0.3 is 11.2 Å². The van der Waals surface area contributed by atoms with Crippen LogP contribution in [0.1, 0.15) is 12.5 Å². The van der Waals surface area contributed by atoms with E-state index in [0.717, 1.165) is 4.57 Å². The van der Waals surface area contributed by atoms with Crippen molar-refractivity contribution in [3.8, 4) is 11.5 Å². The Balaban J connectivity index is 1.77. The number of fused-ring (bicyclic) bond motifs is 1. The molecule has 0 bridgehead atoms. The number of para-hydroxylation sites is 1. The Morgan fingerprint density at radius 2 is 2.10 bits per heavy atom. The van der Waals surface area contributed by atoms with Gasteiger partial charge in [0.1, 0.15) is 5.75 Å². The number of hydrazone groups is 1. The molecule has 0 saturated heterocycles. The number of aromatic amines is 1. The summed E-state index contributed by atoms with van der Waals surface area (Å²) in [6, 6.07) is 4.76. The molecule has 0 spiro atoms. The minimum Gasteiger partial charge on any atom is -0.870 e. The fraction of sp³-hybridized carbons (Fsp3) is 0.278. The van der Waals surface area contributed by atoms with E-state index in [-0.39, 0.29) is 29.1 Å². The minimum absolute atomic E-state index is 0.181. The highest BCUT2D eigenvalue weighted by atomic mass is 16.5. The average molecular weight is 400 g/mol. The van der Waals surface area contributed by atoms with Gasteiger partial charge in [-0.25, -0.2) is 19.8 Å². The molecule has 11 nitrogen and oxygen atoms in total. The first-order valence-electron chi connectivity index (χ1n) is 8.76. The zero-order valence-corrected chi connectivity index (χ0v) is 16.1. The number of H-pyrrole nitrogens is 1. The van der Waals surface area contributed by atoms with Gasteiger partial charge in [0.25, 0.3) is 17.1 Å². The molecular formula is C18H20N6O5. The fourth-order valence-electron chi connectivity index (χ4n) is 2.85. The van der Waals surface area contributed by atoms with Gasteiger partial charge in [-0.3, -0.25) is 18.7 Å². The third-order valence-electron chi connectivity index (χ3n) is 4.30. The Morgan fingerprint density at radius 1 is 1.34 bits per heavy atom. The lowest BCUT2D eigenvalue weighted by Crippen LogP contribution is -2.46. The number of rotatable bonds is 6. The highest BCUT2D eigenvalue weighted by molar-refractivity contribution is 5.85. The number of amides is 1. The third kappa shape index (κ3) is 3.74. The molecule has 0 saturated carbocycles. The SMILES string of the molecule is CCOc1cccc(/C=N/NC(=O)C[n+]2c[nH]c3c2c(=O)n(C)c(=O)n3C)c1[O-]. The van der Waals surface area contributed by atoms with Gasteiger partial charge in [0.2, 0.25) is 6.33 Å². The van der Waals surface area contributed by atoms with Gasteiger partial charge in [-0.15, -0.1) is 0 Å². The lowest BCUT2D eigenvalue weighted by Gasteiger charge is -2.15. The predicted octanol–water partition coefficient (Wildman–Crippen LogP) is -1.52. The van der Waals surface area contributed by atoms with Gasteiger partial charge in [0, 0.05) is 14.1 Å². The van der Waals surface area contributed by atoms with E-state index in [1.54, 1.807) is 25.1 Å². The maximum atomic E-state index is 12.4. The normalized spacial score (nSPS) is 11.3. The summed E-state index contributed by atoms with van der Waals surface area (Å²) in [5.41, 5.74) is 2.06. The molecule has 152 valence electrons. The van der Waals surface area contributed by atoms with Gasteiger partial charge in [-0.2, -0.15) is 5.10 Å². The van der Waals surface area contributed by atoms with Crippen LogP contribution < -0.4 is 31.1 Å². The van der Waals surface area contributed by atoms with Crippen molar-refractivity contribution in [1.29, 1.82) is 0 Å². The Labute approximate surface area is 164 Å². The Bertz CT molecular complexity index is 1220. The highest BCUT2D eigenvalue weighted by Crippen LogP contribution is 2.25. The van der Waals surface area contributed by atoms with Crippen molar-refractivity contribution in [2.24, 2.45) is 19.2 Å². The lowest BCUT2D eigenvalue weighted by molar-refractivity contribution is -0.659. The number of nitrogens with zero attached hydrogens (tertiary/aromatic N) is 4. The molecule has 2 heterocycles. The molecule has 0 atom stereocenters. The van der Waals surface area contributed by atoms with Crippen LogP contribution in [-0.2, 0) is 25.4 Å². The van der Waals surface area contributed by atoms with E-state index in [1.807, 2.05) is 0 Å². The first-order valence-corrected chi connectivity index (χ1v) is 8.76. The van der Waals surface area contributed by atoms with Crippen LogP contribution in [0.5, 0.6) is 11.5 Å². The van der Waals surface area contributed by atoms with Gasteiger partial charge in [-0.05, 0) is 18.6 Å². The van der Waals surface area contributed by atoms with E-state index in [4.69, 9.17) is 4.74 Å². The van der Waals surface area contributed by atoms with E-state index in [2.05, 4.69) is 15.5 Å². The van der Waals surface area contributed by atoms with Gasteiger partial charge in [0.15, 0.2) is 6.54 Å². The van der Waals surface area contributed by atoms with Crippen LogP contribution in [0, 0.1) is 0 Å². The van der Waals surface area contributed by atoms with Crippen LogP contribution in [0.4, 0.5) is 0 Å². The largest absolute Gasteiger partial charge is 0.870 e. The van der Waals surface area contributed by atoms with Crippen molar-refractivity contribution in [1.82, 2.24) is 19.5 Å². The number of nitrogens with one attached hydrogen (secondary N) is 2. The van der Waals surface area contributed by atoms with Crippen molar-refractivity contribution < 1.29 is 19.2 Å². The number of ether oxygens (including phenoxy) is 1. The molecule has 29 heavy (non-hydrogen) atoms.